The molecule has 1 aromatic carbocycles. The van der Waals surface area contributed by atoms with Gasteiger partial charge < -0.3 is 0 Å². The number of rotatable bonds is 1. The van der Waals surface area contributed by atoms with Gasteiger partial charge in [-0.05, 0) is 18.2 Å². The van der Waals surface area contributed by atoms with Crippen LogP contribution in [0.5, 0.6) is 0 Å². The summed E-state index contributed by atoms with van der Waals surface area (Å²) in [5.41, 5.74) is 2.06. The van der Waals surface area contributed by atoms with Gasteiger partial charge >= 0.3 is 0 Å². The highest BCUT2D eigenvalue weighted by molar-refractivity contribution is 6.30. The van der Waals surface area contributed by atoms with Gasteiger partial charge in [0.2, 0.25) is 0 Å². The van der Waals surface area contributed by atoms with Crippen molar-refractivity contribution in [3.63, 3.8) is 0 Å². The van der Waals surface area contributed by atoms with Crippen molar-refractivity contribution in [1.29, 1.82) is 0 Å². The Balaban J connectivity index is 0.000000531. The molecule has 15 heavy (non-hydrogen) atoms. The van der Waals surface area contributed by atoms with E-state index in [1.807, 2.05) is 57.4 Å². The Hall–Kier alpha value is -1.28. The minimum Gasteiger partial charge on any atom is -0.275 e. The van der Waals surface area contributed by atoms with E-state index in [1.54, 1.807) is 4.68 Å². The van der Waals surface area contributed by atoms with Crippen molar-refractivity contribution in [3.05, 3.63) is 41.6 Å². The van der Waals surface area contributed by atoms with E-state index >= 15 is 0 Å². The fraction of sp³-hybridized carbons (Fsp3) is 0.250. The van der Waals surface area contributed by atoms with E-state index in [0.717, 1.165) is 16.3 Å². The van der Waals surface area contributed by atoms with E-state index in [0.29, 0.717) is 0 Å². The molecule has 0 fully saturated rings. The monoisotopic (exact) mass is 222 g/mol. The highest BCUT2D eigenvalue weighted by Gasteiger charge is 1.99. The first-order valence-corrected chi connectivity index (χ1v) is 5.39. The first kappa shape index (κ1) is 11.8. The average Bonchev–Trinajstić information content (AvgIpc) is 2.69. The lowest BCUT2D eigenvalue weighted by molar-refractivity contribution is 0.771. The van der Waals surface area contributed by atoms with Gasteiger partial charge in [-0.3, -0.25) is 4.68 Å². The van der Waals surface area contributed by atoms with E-state index in [4.69, 9.17) is 11.6 Å². The van der Waals surface area contributed by atoms with Crippen LogP contribution in [0.15, 0.2) is 36.5 Å². The Morgan fingerprint density at radius 3 is 2.13 bits per heavy atom. The number of hydrogen-bond donors (Lipinski definition) is 0. The molecule has 0 bridgehead atoms. The van der Waals surface area contributed by atoms with E-state index in [1.165, 1.54) is 0 Å². The molecule has 0 spiro atoms. The average molecular weight is 223 g/mol. The molecule has 80 valence electrons. The number of nitrogens with zero attached hydrogens (tertiary/aromatic N) is 2. The maximum absolute atomic E-state index is 5.78. The predicted molar refractivity (Wildman–Crippen MR) is 65.0 cm³/mol. The molecule has 0 aliphatic heterocycles. The molecule has 1 aromatic heterocycles. The summed E-state index contributed by atoms with van der Waals surface area (Å²) in [7, 11) is 1.90. The largest absolute Gasteiger partial charge is 0.275 e. The lowest BCUT2D eigenvalue weighted by Gasteiger charge is -1.95. The van der Waals surface area contributed by atoms with Crippen LogP contribution in [0.25, 0.3) is 11.3 Å². The van der Waals surface area contributed by atoms with Crippen molar-refractivity contribution in [3.8, 4) is 11.3 Å². The Kier molecular flexibility index (Phi) is 4.37. The van der Waals surface area contributed by atoms with Gasteiger partial charge in [-0.1, -0.05) is 37.6 Å². The first-order chi connectivity index (χ1) is 7.25. The van der Waals surface area contributed by atoms with E-state index in [2.05, 4.69) is 5.10 Å². The van der Waals surface area contributed by atoms with Gasteiger partial charge in [0.1, 0.15) is 0 Å². The maximum Gasteiger partial charge on any atom is 0.0923 e. The summed E-state index contributed by atoms with van der Waals surface area (Å²) in [4.78, 5) is 0. The Bertz CT molecular complexity index is 404. The third-order valence-electron chi connectivity index (χ3n) is 1.85. The van der Waals surface area contributed by atoms with Gasteiger partial charge in [-0.2, -0.15) is 5.10 Å². The quantitative estimate of drug-likeness (QED) is 0.718. The molecular formula is C12H15ClN2. The summed E-state index contributed by atoms with van der Waals surface area (Å²) < 4.78 is 1.78. The van der Waals surface area contributed by atoms with Crippen molar-refractivity contribution in [2.24, 2.45) is 7.05 Å². The molecule has 3 heteroatoms. The zero-order chi connectivity index (χ0) is 11.3. The van der Waals surface area contributed by atoms with Crippen LogP contribution >= 0.6 is 11.6 Å². The van der Waals surface area contributed by atoms with Crippen LogP contribution in [0.3, 0.4) is 0 Å². The number of aryl methyl sites for hydroxylation is 1. The minimum absolute atomic E-state index is 0.750. The molecule has 2 aromatic rings. The van der Waals surface area contributed by atoms with Crippen molar-refractivity contribution in [2.45, 2.75) is 13.8 Å². The molecular weight excluding hydrogens is 208 g/mol. The van der Waals surface area contributed by atoms with Gasteiger partial charge in [-0.25, -0.2) is 0 Å². The van der Waals surface area contributed by atoms with Gasteiger partial charge in [0.05, 0.1) is 5.69 Å². The zero-order valence-corrected chi connectivity index (χ0v) is 9.99. The summed E-state index contributed by atoms with van der Waals surface area (Å²) >= 11 is 5.78. The molecule has 0 unspecified atom stereocenters. The Morgan fingerprint density at radius 2 is 1.67 bits per heavy atom. The van der Waals surface area contributed by atoms with Crippen LogP contribution < -0.4 is 0 Å². The summed E-state index contributed by atoms with van der Waals surface area (Å²) in [6.07, 6.45) is 1.92. The van der Waals surface area contributed by atoms with Crippen LogP contribution in [0.2, 0.25) is 5.02 Å². The Labute approximate surface area is 95.5 Å². The molecule has 0 aliphatic carbocycles. The van der Waals surface area contributed by atoms with Gasteiger partial charge in [-0.15, -0.1) is 0 Å². The van der Waals surface area contributed by atoms with Crippen molar-refractivity contribution in [1.82, 2.24) is 9.78 Å². The second kappa shape index (κ2) is 5.56. The van der Waals surface area contributed by atoms with Crippen LogP contribution in [0.4, 0.5) is 0 Å². The molecule has 0 saturated heterocycles. The molecule has 0 N–H and O–H groups in total. The predicted octanol–water partition coefficient (Wildman–Crippen LogP) is 3.77. The maximum atomic E-state index is 5.78. The third-order valence-corrected chi connectivity index (χ3v) is 2.11. The van der Waals surface area contributed by atoms with Crippen LogP contribution in [0, 0.1) is 0 Å². The number of hydrogen-bond acceptors (Lipinski definition) is 1. The molecule has 0 aliphatic rings. The number of benzene rings is 1. The van der Waals surface area contributed by atoms with Gasteiger partial charge in [0, 0.05) is 23.8 Å². The van der Waals surface area contributed by atoms with E-state index in [-0.39, 0.29) is 0 Å². The van der Waals surface area contributed by atoms with E-state index in [9.17, 15) is 0 Å². The standard InChI is InChI=1S/C10H9ClN2.C2H6/c1-13-7-6-10(12-13)8-2-4-9(11)5-3-8;1-2/h2-7H,1H3;1-2H3. The lowest BCUT2D eigenvalue weighted by atomic mass is 10.2. The first-order valence-electron chi connectivity index (χ1n) is 5.01. The summed E-state index contributed by atoms with van der Waals surface area (Å²) in [6.45, 7) is 4.00. The zero-order valence-electron chi connectivity index (χ0n) is 9.24. The molecule has 2 rings (SSSR count). The van der Waals surface area contributed by atoms with Crippen LogP contribution in [0.1, 0.15) is 13.8 Å². The molecule has 0 saturated carbocycles. The molecule has 0 radical (unpaired) electrons. The normalized spacial score (nSPS) is 9.33. The van der Waals surface area contributed by atoms with Gasteiger partial charge in [0.15, 0.2) is 0 Å². The van der Waals surface area contributed by atoms with Crippen molar-refractivity contribution in [2.75, 3.05) is 0 Å². The Morgan fingerprint density at radius 1 is 1.07 bits per heavy atom. The highest BCUT2D eigenvalue weighted by Crippen LogP contribution is 2.18. The fourth-order valence-electron chi connectivity index (χ4n) is 1.19. The number of aromatic nitrogens is 2. The topological polar surface area (TPSA) is 17.8 Å². The second-order valence-corrected chi connectivity index (χ2v) is 3.32. The summed E-state index contributed by atoms with van der Waals surface area (Å²) in [5, 5.41) is 5.03. The van der Waals surface area contributed by atoms with Crippen molar-refractivity contribution >= 4 is 11.6 Å². The number of halogens is 1. The summed E-state index contributed by atoms with van der Waals surface area (Å²) in [6, 6.07) is 9.63. The van der Waals surface area contributed by atoms with E-state index < -0.39 is 0 Å². The third kappa shape index (κ3) is 3.10. The highest BCUT2D eigenvalue weighted by atomic mass is 35.5. The van der Waals surface area contributed by atoms with Crippen molar-refractivity contribution < 1.29 is 0 Å². The second-order valence-electron chi connectivity index (χ2n) is 2.88. The molecule has 0 atom stereocenters. The SMILES string of the molecule is CC.Cn1ccc(-c2ccc(Cl)cc2)n1. The molecule has 0 amide bonds. The van der Waals surface area contributed by atoms with Gasteiger partial charge in [0.25, 0.3) is 0 Å². The molecule has 1 heterocycles. The smallest absolute Gasteiger partial charge is 0.0923 e. The fourth-order valence-corrected chi connectivity index (χ4v) is 1.32. The lowest BCUT2D eigenvalue weighted by Crippen LogP contribution is -1.87. The van der Waals surface area contributed by atoms with Crippen LogP contribution in [-0.4, -0.2) is 9.78 Å². The summed E-state index contributed by atoms with van der Waals surface area (Å²) in [5.74, 6) is 0. The minimum atomic E-state index is 0.750. The molecule has 2 nitrogen and oxygen atoms in total. The van der Waals surface area contributed by atoms with Crippen LogP contribution in [-0.2, 0) is 7.05 Å².